The zero-order valence-electron chi connectivity index (χ0n) is 15.3. The van der Waals surface area contributed by atoms with Crippen molar-refractivity contribution in [2.75, 3.05) is 12.1 Å². The van der Waals surface area contributed by atoms with Crippen LogP contribution in [0.1, 0.15) is 26.0 Å². The molecule has 156 valence electrons. The lowest BCUT2D eigenvalue weighted by molar-refractivity contribution is -0.165. The van der Waals surface area contributed by atoms with Gasteiger partial charge in [0.05, 0.1) is 0 Å². The number of ether oxygens (including phenoxy) is 4. The van der Waals surface area contributed by atoms with Crippen molar-refractivity contribution < 1.29 is 38.5 Å². The fraction of sp³-hybridized carbons (Fsp3) is 0.471. The molecular weight excluding hydrogens is 390 g/mol. The van der Waals surface area contributed by atoms with E-state index < -0.39 is 48.1 Å². The van der Waals surface area contributed by atoms with Gasteiger partial charge in [0.1, 0.15) is 12.7 Å². The van der Waals surface area contributed by atoms with E-state index in [-0.39, 0.29) is 18.8 Å². The molecule has 12 nitrogen and oxygen atoms in total. The Morgan fingerprint density at radius 3 is 2.55 bits per heavy atom. The highest BCUT2D eigenvalue weighted by Gasteiger charge is 2.51. The van der Waals surface area contributed by atoms with Crippen LogP contribution in [-0.4, -0.2) is 57.6 Å². The van der Waals surface area contributed by atoms with Crippen LogP contribution in [0.4, 0.5) is 5.82 Å². The Bertz CT molecular complexity index is 881. The summed E-state index contributed by atoms with van der Waals surface area (Å²) in [5.74, 6) is -2.21. The first-order valence-electron chi connectivity index (χ1n) is 8.82. The molecule has 0 bridgehead atoms. The summed E-state index contributed by atoms with van der Waals surface area (Å²) in [4.78, 5) is 51.4. The predicted molar refractivity (Wildman–Crippen MR) is 92.6 cm³/mol. The van der Waals surface area contributed by atoms with Gasteiger partial charge in [-0.05, 0) is 12.5 Å². The van der Waals surface area contributed by atoms with Crippen LogP contribution in [0.15, 0.2) is 29.2 Å². The molecule has 4 atom stereocenters. The van der Waals surface area contributed by atoms with E-state index in [9.17, 15) is 19.2 Å². The Morgan fingerprint density at radius 2 is 1.93 bits per heavy atom. The number of nitrogens with one attached hydrogen (secondary N) is 1. The van der Waals surface area contributed by atoms with Gasteiger partial charge in [-0.1, -0.05) is 6.92 Å². The van der Waals surface area contributed by atoms with Crippen LogP contribution in [0.25, 0.3) is 0 Å². The summed E-state index contributed by atoms with van der Waals surface area (Å²) in [5.41, 5.74) is 0.917. The van der Waals surface area contributed by atoms with Gasteiger partial charge in [0, 0.05) is 24.8 Å². The van der Waals surface area contributed by atoms with E-state index >= 15 is 0 Å². The van der Waals surface area contributed by atoms with Crippen molar-refractivity contribution in [3.63, 3.8) is 0 Å². The molecule has 3 heterocycles. The number of carbonyl (C=O) groups is 3. The number of carbonyl (C=O) groups excluding carboxylic acids is 3. The van der Waals surface area contributed by atoms with Crippen molar-refractivity contribution in [3.05, 3.63) is 34.9 Å². The number of aromatic nitrogens is 2. The van der Waals surface area contributed by atoms with Gasteiger partial charge in [-0.3, -0.25) is 20.0 Å². The van der Waals surface area contributed by atoms with Crippen LogP contribution in [0.5, 0.6) is 0 Å². The Kier molecular flexibility index (Phi) is 6.24. The normalized spacial score (nSPS) is 27.1. The second-order valence-corrected chi connectivity index (χ2v) is 6.25. The number of rotatable bonds is 6. The van der Waals surface area contributed by atoms with E-state index in [1.165, 1.54) is 12.3 Å². The van der Waals surface area contributed by atoms with Crippen molar-refractivity contribution in [2.24, 2.45) is 0 Å². The lowest BCUT2D eigenvalue weighted by Crippen LogP contribution is -2.43. The molecule has 12 heteroatoms. The predicted octanol–water partition coefficient (Wildman–Crippen LogP) is -0.321. The van der Waals surface area contributed by atoms with E-state index in [0.29, 0.717) is 6.42 Å². The van der Waals surface area contributed by atoms with E-state index in [4.69, 9.17) is 24.2 Å². The highest BCUT2D eigenvalue weighted by Crippen LogP contribution is 2.34. The summed E-state index contributed by atoms with van der Waals surface area (Å²) in [7, 11) is 0. The molecule has 3 rings (SSSR count). The van der Waals surface area contributed by atoms with Gasteiger partial charge in [-0.15, -0.1) is 0 Å². The largest absolute Gasteiger partial charge is 0.463 e. The fourth-order valence-corrected chi connectivity index (χ4v) is 2.94. The summed E-state index contributed by atoms with van der Waals surface area (Å²) in [6.45, 7) is 1.54. The molecule has 1 aromatic rings. The standard InChI is InChI=1S/C17H19N3O9/c1-2-3-11(21)26-8-9-14-15(29-13(23)5-4-12(22)28-14)16(27-9)20-7-6-10(19-25)18-17(20)24/h4-7,9,14-16,25H,2-3,8H2,1H3,(H,18,19,24)/b5-4-/t9-,14?,15-,16-/m1/s1. The van der Waals surface area contributed by atoms with Crippen LogP contribution in [0, 0.1) is 0 Å². The zero-order valence-corrected chi connectivity index (χ0v) is 15.3. The van der Waals surface area contributed by atoms with Crippen LogP contribution in [0.2, 0.25) is 0 Å². The first-order valence-corrected chi connectivity index (χ1v) is 8.82. The topological polar surface area (TPSA) is 155 Å². The molecule has 0 aromatic carbocycles. The molecule has 0 amide bonds. The molecule has 0 spiro atoms. The lowest BCUT2D eigenvalue weighted by atomic mass is 10.1. The van der Waals surface area contributed by atoms with E-state index in [0.717, 1.165) is 16.7 Å². The first kappa shape index (κ1) is 20.5. The second kappa shape index (κ2) is 8.84. The zero-order chi connectivity index (χ0) is 21.0. The number of hydrogen-bond donors (Lipinski definition) is 2. The van der Waals surface area contributed by atoms with Crippen LogP contribution in [0.3, 0.4) is 0 Å². The monoisotopic (exact) mass is 409 g/mol. The minimum Gasteiger partial charge on any atom is -0.463 e. The third kappa shape index (κ3) is 4.60. The minimum absolute atomic E-state index is 0.102. The molecule has 29 heavy (non-hydrogen) atoms. The third-order valence-electron chi connectivity index (χ3n) is 4.23. The van der Waals surface area contributed by atoms with Crippen molar-refractivity contribution >= 4 is 23.7 Å². The molecule has 2 aliphatic rings. The Morgan fingerprint density at radius 1 is 1.24 bits per heavy atom. The molecule has 1 saturated heterocycles. The average Bonchev–Trinajstić information content (AvgIpc) is 3.00. The highest BCUT2D eigenvalue weighted by molar-refractivity contribution is 5.92. The van der Waals surface area contributed by atoms with Gasteiger partial charge in [0.25, 0.3) is 0 Å². The molecule has 1 fully saturated rings. The maximum absolute atomic E-state index is 12.3. The molecule has 1 aromatic heterocycles. The first-order chi connectivity index (χ1) is 13.9. The Hall–Kier alpha value is -3.25. The number of fused-ring (bicyclic) bond motifs is 1. The van der Waals surface area contributed by atoms with Crippen LogP contribution >= 0.6 is 0 Å². The average molecular weight is 409 g/mol. The number of anilines is 1. The van der Waals surface area contributed by atoms with Crippen molar-refractivity contribution in [2.45, 2.75) is 44.3 Å². The Balaban J connectivity index is 1.91. The summed E-state index contributed by atoms with van der Waals surface area (Å²) in [6.07, 6.45) is -0.681. The van der Waals surface area contributed by atoms with Crippen molar-refractivity contribution in [1.82, 2.24) is 9.55 Å². The van der Waals surface area contributed by atoms with Gasteiger partial charge in [0.2, 0.25) is 0 Å². The SMILES string of the molecule is CCCC(=O)OC[C@H]1O[C@@H](n2ccc(NO)nc2=O)[C@@H]2OC(=O)/C=C\C(=O)OC21. The minimum atomic E-state index is -1.20. The van der Waals surface area contributed by atoms with Crippen molar-refractivity contribution in [1.29, 1.82) is 0 Å². The summed E-state index contributed by atoms with van der Waals surface area (Å²) < 4.78 is 22.5. The maximum atomic E-state index is 12.3. The molecule has 1 unspecified atom stereocenters. The van der Waals surface area contributed by atoms with Gasteiger partial charge >= 0.3 is 23.6 Å². The molecule has 0 radical (unpaired) electrons. The third-order valence-corrected chi connectivity index (χ3v) is 4.23. The second-order valence-electron chi connectivity index (χ2n) is 6.25. The summed E-state index contributed by atoms with van der Waals surface area (Å²) in [6, 6.07) is 1.28. The van der Waals surface area contributed by atoms with Crippen molar-refractivity contribution in [3.8, 4) is 0 Å². The number of hydrogen-bond acceptors (Lipinski definition) is 11. The van der Waals surface area contributed by atoms with Gasteiger partial charge < -0.3 is 18.9 Å². The lowest BCUT2D eigenvalue weighted by Gasteiger charge is -2.25. The molecule has 0 aliphatic carbocycles. The molecular formula is C17H19N3O9. The smallest absolute Gasteiger partial charge is 0.351 e. The highest BCUT2D eigenvalue weighted by atomic mass is 16.7. The molecule has 0 saturated carbocycles. The molecule has 2 N–H and O–H groups in total. The number of esters is 3. The van der Waals surface area contributed by atoms with E-state index in [1.54, 1.807) is 5.48 Å². The van der Waals surface area contributed by atoms with Crippen LogP contribution in [-0.2, 0) is 33.3 Å². The summed E-state index contributed by atoms with van der Waals surface area (Å²) >= 11 is 0. The van der Waals surface area contributed by atoms with Crippen LogP contribution < -0.4 is 11.2 Å². The molecule has 2 aliphatic heterocycles. The Labute approximate surface area is 164 Å². The summed E-state index contributed by atoms with van der Waals surface area (Å²) in [5, 5.41) is 8.87. The fourth-order valence-electron chi connectivity index (χ4n) is 2.94. The van der Waals surface area contributed by atoms with Gasteiger partial charge in [-0.2, -0.15) is 4.98 Å². The van der Waals surface area contributed by atoms with Gasteiger partial charge in [0.15, 0.2) is 24.3 Å². The quantitative estimate of drug-likeness (QED) is 0.361. The number of nitrogens with zero attached hydrogens (tertiary/aromatic N) is 2. The maximum Gasteiger partial charge on any atom is 0.351 e. The van der Waals surface area contributed by atoms with E-state index in [2.05, 4.69) is 4.98 Å². The van der Waals surface area contributed by atoms with E-state index in [1.807, 2.05) is 6.92 Å². The van der Waals surface area contributed by atoms with Gasteiger partial charge in [-0.25, -0.2) is 14.4 Å².